The minimum absolute atomic E-state index is 0.0277. The molecule has 6 heteroatoms. The number of benzene rings is 1. The van der Waals surface area contributed by atoms with Gasteiger partial charge in [0.25, 0.3) is 0 Å². The van der Waals surface area contributed by atoms with E-state index >= 15 is 0 Å². The fourth-order valence-electron chi connectivity index (χ4n) is 4.49. The van der Waals surface area contributed by atoms with Crippen LogP contribution < -0.4 is 10.6 Å². The molecule has 6 nitrogen and oxygen atoms in total. The Labute approximate surface area is 175 Å². The average Bonchev–Trinajstić information content (AvgIpc) is 2.68. The Morgan fingerprint density at radius 2 is 1.48 bits per heavy atom. The van der Waals surface area contributed by atoms with Gasteiger partial charge >= 0.3 is 0 Å². The number of piperazine rings is 1. The van der Waals surface area contributed by atoms with Gasteiger partial charge in [-0.05, 0) is 43.7 Å². The molecule has 3 rings (SSSR count). The Kier molecular flexibility index (Phi) is 7.67. The van der Waals surface area contributed by atoms with Gasteiger partial charge in [0.2, 0.25) is 11.8 Å². The molecule has 2 N–H and O–H groups in total. The smallest absolute Gasteiger partial charge is 0.238 e. The van der Waals surface area contributed by atoms with Gasteiger partial charge < -0.3 is 10.6 Å². The maximum atomic E-state index is 12.5. The molecule has 1 aliphatic heterocycles. The van der Waals surface area contributed by atoms with Crippen LogP contribution in [0.15, 0.2) is 18.2 Å². The molecule has 0 bridgehead atoms. The lowest BCUT2D eigenvalue weighted by atomic mass is 9.86. The maximum absolute atomic E-state index is 12.5. The van der Waals surface area contributed by atoms with Gasteiger partial charge in [-0.25, -0.2) is 0 Å². The van der Waals surface area contributed by atoms with Crippen molar-refractivity contribution >= 4 is 17.5 Å². The molecule has 2 aliphatic rings. The fraction of sp³-hybridized carbons (Fsp3) is 0.652. The van der Waals surface area contributed by atoms with Crippen LogP contribution in [0.25, 0.3) is 0 Å². The molecule has 1 aromatic carbocycles. The molecule has 160 valence electrons. The molecule has 1 saturated carbocycles. The van der Waals surface area contributed by atoms with Crippen molar-refractivity contribution in [2.45, 2.75) is 52.5 Å². The van der Waals surface area contributed by atoms with Crippen molar-refractivity contribution in [3.8, 4) is 0 Å². The summed E-state index contributed by atoms with van der Waals surface area (Å²) < 4.78 is 0. The zero-order valence-corrected chi connectivity index (χ0v) is 18.2. The highest BCUT2D eigenvalue weighted by atomic mass is 16.2. The summed E-state index contributed by atoms with van der Waals surface area (Å²) in [6, 6.07) is 6.37. The van der Waals surface area contributed by atoms with Gasteiger partial charge in [0.1, 0.15) is 0 Å². The largest absolute Gasteiger partial charge is 0.352 e. The number of hydrogen-bond acceptors (Lipinski definition) is 4. The average molecular weight is 401 g/mol. The molecule has 1 aliphatic carbocycles. The van der Waals surface area contributed by atoms with Crippen molar-refractivity contribution in [3.63, 3.8) is 0 Å². The number of nitrogens with zero attached hydrogens (tertiary/aromatic N) is 2. The number of carbonyl (C=O) groups is 2. The second-order valence-corrected chi connectivity index (χ2v) is 8.80. The number of nitrogens with one attached hydrogen (secondary N) is 2. The Morgan fingerprint density at radius 1 is 0.931 bits per heavy atom. The zero-order chi connectivity index (χ0) is 20.8. The van der Waals surface area contributed by atoms with Crippen LogP contribution >= 0.6 is 0 Å². The normalized spacial score (nSPS) is 23.6. The van der Waals surface area contributed by atoms with Gasteiger partial charge in [-0.1, -0.05) is 38.0 Å². The lowest BCUT2D eigenvalue weighted by Crippen LogP contribution is -2.52. The number of aryl methyl sites for hydroxylation is 2. The van der Waals surface area contributed by atoms with Crippen molar-refractivity contribution < 1.29 is 9.59 Å². The molecule has 1 aromatic rings. The zero-order valence-electron chi connectivity index (χ0n) is 18.2. The first kappa shape index (κ1) is 21.8. The third kappa shape index (κ3) is 6.28. The fourth-order valence-corrected chi connectivity index (χ4v) is 4.49. The van der Waals surface area contributed by atoms with E-state index in [0.717, 1.165) is 49.4 Å². The Balaban J connectivity index is 1.38. The molecule has 2 atom stereocenters. The van der Waals surface area contributed by atoms with E-state index in [1.165, 1.54) is 19.3 Å². The van der Waals surface area contributed by atoms with Crippen LogP contribution in [0.4, 0.5) is 5.69 Å². The Morgan fingerprint density at radius 3 is 2.07 bits per heavy atom. The summed E-state index contributed by atoms with van der Waals surface area (Å²) in [6.45, 7) is 10.4. The van der Waals surface area contributed by atoms with E-state index in [2.05, 4.69) is 27.4 Å². The molecule has 1 saturated heterocycles. The van der Waals surface area contributed by atoms with E-state index in [-0.39, 0.29) is 11.8 Å². The van der Waals surface area contributed by atoms with Gasteiger partial charge in [0.15, 0.2) is 0 Å². The first-order valence-electron chi connectivity index (χ1n) is 11.0. The minimum Gasteiger partial charge on any atom is -0.352 e. The predicted molar refractivity (Wildman–Crippen MR) is 117 cm³/mol. The van der Waals surface area contributed by atoms with Gasteiger partial charge in [-0.15, -0.1) is 0 Å². The Bertz CT molecular complexity index is 693. The summed E-state index contributed by atoms with van der Waals surface area (Å²) in [4.78, 5) is 29.3. The summed E-state index contributed by atoms with van der Waals surface area (Å²) in [5.74, 6) is 0.754. The standard InChI is InChI=1S/C23H36N4O2/c1-17-7-4-5-10-20(17)24-21(28)15-26-11-13-27(14-12-26)16-22(29)25-23-18(2)8-6-9-19(23)3/h6,8-9,17,20H,4-5,7,10-16H2,1-3H3,(H,24,28)(H,25,29)/t17-,20+/m0/s1. The Hall–Kier alpha value is -1.92. The first-order valence-corrected chi connectivity index (χ1v) is 11.0. The topological polar surface area (TPSA) is 64.7 Å². The van der Waals surface area contributed by atoms with Crippen LogP contribution in [0.1, 0.15) is 43.7 Å². The van der Waals surface area contributed by atoms with Crippen LogP contribution in [0, 0.1) is 19.8 Å². The highest BCUT2D eigenvalue weighted by Crippen LogP contribution is 2.23. The number of anilines is 1. The maximum Gasteiger partial charge on any atom is 0.238 e. The number of para-hydroxylation sites is 1. The van der Waals surface area contributed by atoms with E-state index in [0.29, 0.717) is 25.0 Å². The first-order chi connectivity index (χ1) is 13.9. The number of rotatable bonds is 6. The molecule has 0 unspecified atom stereocenters. The van der Waals surface area contributed by atoms with Gasteiger partial charge in [-0.2, -0.15) is 0 Å². The quantitative estimate of drug-likeness (QED) is 0.770. The van der Waals surface area contributed by atoms with Crippen molar-refractivity contribution in [1.82, 2.24) is 15.1 Å². The summed E-state index contributed by atoms with van der Waals surface area (Å²) in [6.07, 6.45) is 4.83. The van der Waals surface area contributed by atoms with Crippen LogP contribution in [0.2, 0.25) is 0 Å². The van der Waals surface area contributed by atoms with Crippen LogP contribution in [0.5, 0.6) is 0 Å². The second kappa shape index (κ2) is 10.2. The molecule has 0 spiro atoms. The molecular formula is C23H36N4O2. The molecule has 0 aromatic heterocycles. The lowest BCUT2D eigenvalue weighted by molar-refractivity contribution is -0.124. The van der Waals surface area contributed by atoms with Crippen LogP contribution in [-0.2, 0) is 9.59 Å². The summed E-state index contributed by atoms with van der Waals surface area (Å²) in [5.41, 5.74) is 3.09. The van der Waals surface area contributed by atoms with E-state index in [1.807, 2.05) is 32.0 Å². The summed E-state index contributed by atoms with van der Waals surface area (Å²) in [5, 5.41) is 6.30. The second-order valence-electron chi connectivity index (χ2n) is 8.80. The molecule has 0 radical (unpaired) electrons. The molecule has 2 amide bonds. The molecule has 2 fully saturated rings. The SMILES string of the molecule is Cc1cccc(C)c1NC(=O)CN1CCN(CC(=O)N[C@@H]2CCCC[C@@H]2C)CC1. The van der Waals surface area contributed by atoms with Crippen molar-refractivity contribution in [1.29, 1.82) is 0 Å². The van der Waals surface area contributed by atoms with Crippen molar-refractivity contribution in [3.05, 3.63) is 29.3 Å². The number of hydrogen-bond donors (Lipinski definition) is 2. The third-order valence-electron chi connectivity index (χ3n) is 6.40. The van der Waals surface area contributed by atoms with Crippen molar-refractivity contribution in [2.24, 2.45) is 5.92 Å². The third-order valence-corrected chi connectivity index (χ3v) is 6.40. The van der Waals surface area contributed by atoms with Gasteiger partial charge in [-0.3, -0.25) is 19.4 Å². The van der Waals surface area contributed by atoms with Crippen LogP contribution in [-0.4, -0.2) is 66.9 Å². The van der Waals surface area contributed by atoms with Gasteiger partial charge in [0, 0.05) is 37.9 Å². The number of amides is 2. The van der Waals surface area contributed by atoms with E-state index in [4.69, 9.17) is 0 Å². The lowest BCUT2D eigenvalue weighted by Gasteiger charge is -2.35. The predicted octanol–water partition coefficient (Wildman–Crippen LogP) is 2.55. The number of carbonyl (C=O) groups excluding carboxylic acids is 2. The molecular weight excluding hydrogens is 364 g/mol. The van der Waals surface area contributed by atoms with Crippen molar-refractivity contribution in [2.75, 3.05) is 44.6 Å². The molecule has 29 heavy (non-hydrogen) atoms. The minimum atomic E-state index is 0.0277. The van der Waals surface area contributed by atoms with E-state index in [9.17, 15) is 9.59 Å². The van der Waals surface area contributed by atoms with E-state index in [1.54, 1.807) is 0 Å². The van der Waals surface area contributed by atoms with Crippen LogP contribution in [0.3, 0.4) is 0 Å². The summed E-state index contributed by atoms with van der Waals surface area (Å²) in [7, 11) is 0. The highest BCUT2D eigenvalue weighted by Gasteiger charge is 2.25. The molecule has 1 heterocycles. The van der Waals surface area contributed by atoms with E-state index < -0.39 is 0 Å². The van der Waals surface area contributed by atoms with Gasteiger partial charge in [0.05, 0.1) is 13.1 Å². The monoisotopic (exact) mass is 400 g/mol. The highest BCUT2D eigenvalue weighted by molar-refractivity contribution is 5.93. The summed E-state index contributed by atoms with van der Waals surface area (Å²) >= 11 is 0.